The molecule has 1 aromatic heterocycles. The van der Waals surface area contributed by atoms with Gasteiger partial charge in [-0.2, -0.15) is 5.10 Å². The number of aromatic carboxylic acids is 1. The number of hydrogen-bond donors (Lipinski definition) is 1. The third-order valence-electron chi connectivity index (χ3n) is 1.48. The summed E-state index contributed by atoms with van der Waals surface area (Å²) in [6.07, 6.45) is 0. The molecule has 14 heavy (non-hydrogen) atoms. The van der Waals surface area contributed by atoms with Crippen molar-refractivity contribution >= 4 is 23.0 Å². The Morgan fingerprint density at radius 1 is 1.57 bits per heavy atom. The Hall–Kier alpha value is -1.43. The third kappa shape index (κ3) is 2.29. The van der Waals surface area contributed by atoms with E-state index in [1.165, 1.54) is 15.9 Å². The first kappa shape index (κ1) is 10.6. The number of aromatic nitrogens is 1. The van der Waals surface area contributed by atoms with E-state index in [2.05, 4.69) is 10.2 Å². The highest BCUT2D eigenvalue weighted by Gasteiger charge is 2.08. The molecule has 0 aliphatic carbocycles. The summed E-state index contributed by atoms with van der Waals surface area (Å²) in [6.45, 7) is 3.66. The van der Waals surface area contributed by atoms with E-state index in [-0.39, 0.29) is 5.69 Å². The first-order valence-corrected chi connectivity index (χ1v) is 4.83. The highest BCUT2D eigenvalue weighted by Crippen LogP contribution is 1.99. The van der Waals surface area contributed by atoms with Crippen LogP contribution in [0.1, 0.15) is 24.3 Å². The minimum Gasteiger partial charge on any atom is -0.477 e. The van der Waals surface area contributed by atoms with Crippen molar-refractivity contribution in [2.45, 2.75) is 13.8 Å². The van der Waals surface area contributed by atoms with Crippen LogP contribution in [0.5, 0.6) is 0 Å². The lowest BCUT2D eigenvalue weighted by Gasteiger charge is -1.93. The van der Waals surface area contributed by atoms with E-state index >= 15 is 0 Å². The maximum Gasteiger partial charge on any atom is 0.353 e. The highest BCUT2D eigenvalue weighted by molar-refractivity contribution is 7.07. The lowest BCUT2D eigenvalue weighted by atomic mass is 10.5. The van der Waals surface area contributed by atoms with E-state index in [1.807, 2.05) is 13.8 Å². The average molecular weight is 213 g/mol. The van der Waals surface area contributed by atoms with Gasteiger partial charge in [-0.25, -0.2) is 4.79 Å². The number of hydrogen-bond acceptors (Lipinski definition) is 4. The van der Waals surface area contributed by atoms with Gasteiger partial charge in [0.1, 0.15) is 5.69 Å². The maximum atomic E-state index is 10.7. The summed E-state index contributed by atoms with van der Waals surface area (Å²) in [6, 6.07) is 0. The van der Waals surface area contributed by atoms with Gasteiger partial charge in [-0.3, -0.25) is 0 Å². The first-order valence-electron chi connectivity index (χ1n) is 3.95. The number of carboxylic acids is 1. The molecule has 0 atom stereocenters. The van der Waals surface area contributed by atoms with Crippen molar-refractivity contribution in [1.82, 2.24) is 4.57 Å². The molecule has 0 spiro atoms. The van der Waals surface area contributed by atoms with Crippen LogP contribution in [0.4, 0.5) is 0 Å². The van der Waals surface area contributed by atoms with Crippen molar-refractivity contribution in [2.75, 3.05) is 0 Å². The molecular weight excluding hydrogens is 202 g/mol. The van der Waals surface area contributed by atoms with E-state index in [0.29, 0.717) is 4.80 Å². The second kappa shape index (κ2) is 4.19. The Balaban J connectivity index is 3.20. The summed E-state index contributed by atoms with van der Waals surface area (Å²) in [5.41, 5.74) is 1.05. The Morgan fingerprint density at radius 2 is 2.21 bits per heavy atom. The molecule has 0 unspecified atom stereocenters. The van der Waals surface area contributed by atoms with Gasteiger partial charge in [0.15, 0.2) is 0 Å². The molecule has 0 bridgehead atoms. The van der Waals surface area contributed by atoms with Crippen LogP contribution in [0.15, 0.2) is 15.6 Å². The quantitative estimate of drug-likeness (QED) is 0.590. The van der Waals surface area contributed by atoms with Crippen molar-refractivity contribution in [3.8, 4) is 0 Å². The second-order valence-corrected chi connectivity index (χ2v) is 3.75. The number of nitrogens with zero attached hydrogens (tertiary/aromatic N) is 3. The predicted molar refractivity (Wildman–Crippen MR) is 54.6 cm³/mol. The van der Waals surface area contributed by atoms with Crippen LogP contribution in [-0.2, 0) is 7.05 Å². The maximum absolute atomic E-state index is 10.7. The van der Waals surface area contributed by atoms with Gasteiger partial charge in [-0.05, 0) is 13.8 Å². The molecule has 5 nitrogen and oxygen atoms in total. The zero-order valence-electron chi connectivity index (χ0n) is 8.18. The summed E-state index contributed by atoms with van der Waals surface area (Å²) in [5, 5.41) is 18.1. The molecule has 0 saturated carbocycles. The molecular formula is C8H11N3O2S. The third-order valence-corrected chi connectivity index (χ3v) is 2.39. The fourth-order valence-corrected chi connectivity index (χ4v) is 1.62. The molecule has 0 saturated heterocycles. The van der Waals surface area contributed by atoms with Crippen molar-refractivity contribution in [3.05, 3.63) is 15.9 Å². The zero-order chi connectivity index (χ0) is 10.7. The van der Waals surface area contributed by atoms with Crippen molar-refractivity contribution in [1.29, 1.82) is 0 Å². The fraction of sp³-hybridized carbons (Fsp3) is 0.375. The van der Waals surface area contributed by atoms with Gasteiger partial charge >= 0.3 is 5.97 Å². The second-order valence-electron chi connectivity index (χ2n) is 2.91. The van der Waals surface area contributed by atoms with E-state index in [4.69, 9.17) is 5.11 Å². The Bertz CT molecular complexity index is 438. The predicted octanol–water partition coefficient (Wildman–Crippen LogP) is 1.08. The summed E-state index contributed by atoms with van der Waals surface area (Å²) in [5.74, 6) is -0.956. The van der Waals surface area contributed by atoms with Gasteiger partial charge in [0.2, 0.25) is 4.80 Å². The van der Waals surface area contributed by atoms with E-state index in [1.54, 1.807) is 12.4 Å². The van der Waals surface area contributed by atoms with Crippen LogP contribution in [0, 0.1) is 0 Å². The zero-order valence-corrected chi connectivity index (χ0v) is 9.00. The summed E-state index contributed by atoms with van der Waals surface area (Å²) in [7, 11) is 1.65. The monoisotopic (exact) mass is 213 g/mol. The van der Waals surface area contributed by atoms with Gasteiger partial charge in [0.25, 0.3) is 0 Å². The topological polar surface area (TPSA) is 66.9 Å². The number of carbonyl (C=O) groups is 1. The van der Waals surface area contributed by atoms with Gasteiger partial charge in [0, 0.05) is 18.1 Å². The molecule has 6 heteroatoms. The molecule has 1 aromatic rings. The van der Waals surface area contributed by atoms with Crippen LogP contribution < -0.4 is 4.80 Å². The average Bonchev–Trinajstić information content (AvgIpc) is 2.43. The first-order chi connectivity index (χ1) is 6.52. The number of rotatable bonds is 2. The molecule has 0 aliphatic heterocycles. The smallest absolute Gasteiger partial charge is 0.353 e. The Labute approximate surface area is 85.0 Å². The molecule has 0 amide bonds. The normalized spacial score (nSPS) is 11.5. The standard InChI is InChI=1S/C8H11N3O2S/c1-5(2)9-10-8-11(3)6(4-14-8)7(12)13/h4H,1-3H3,(H,12,13)/b10-8+. The van der Waals surface area contributed by atoms with Crippen molar-refractivity contribution in [2.24, 2.45) is 17.3 Å². The molecule has 0 aliphatic rings. The Kier molecular flexibility index (Phi) is 3.19. The minimum atomic E-state index is -0.956. The molecule has 0 radical (unpaired) electrons. The van der Waals surface area contributed by atoms with Gasteiger partial charge < -0.3 is 9.67 Å². The van der Waals surface area contributed by atoms with Crippen LogP contribution in [-0.4, -0.2) is 21.4 Å². The lowest BCUT2D eigenvalue weighted by Crippen LogP contribution is -2.15. The van der Waals surface area contributed by atoms with Crippen LogP contribution >= 0.6 is 11.3 Å². The summed E-state index contributed by atoms with van der Waals surface area (Å²) in [4.78, 5) is 11.3. The minimum absolute atomic E-state index is 0.220. The summed E-state index contributed by atoms with van der Waals surface area (Å²) >= 11 is 1.25. The molecule has 76 valence electrons. The summed E-state index contributed by atoms with van der Waals surface area (Å²) < 4.78 is 1.50. The molecule has 1 N–H and O–H groups in total. The SMILES string of the molecule is CC(C)=N/N=c1/scc(C(=O)O)n1C. The van der Waals surface area contributed by atoms with Crippen LogP contribution in [0.25, 0.3) is 0 Å². The highest BCUT2D eigenvalue weighted by atomic mass is 32.1. The molecule has 0 fully saturated rings. The lowest BCUT2D eigenvalue weighted by molar-refractivity contribution is 0.0686. The van der Waals surface area contributed by atoms with Crippen molar-refractivity contribution < 1.29 is 9.90 Å². The van der Waals surface area contributed by atoms with Gasteiger partial charge in [-0.15, -0.1) is 16.4 Å². The van der Waals surface area contributed by atoms with Crippen molar-refractivity contribution in [3.63, 3.8) is 0 Å². The van der Waals surface area contributed by atoms with Gasteiger partial charge in [0.05, 0.1) is 0 Å². The molecule has 1 heterocycles. The van der Waals surface area contributed by atoms with Crippen LogP contribution in [0.3, 0.4) is 0 Å². The fourth-order valence-electron chi connectivity index (χ4n) is 0.797. The van der Waals surface area contributed by atoms with E-state index in [9.17, 15) is 4.79 Å². The van der Waals surface area contributed by atoms with Crippen LogP contribution in [0.2, 0.25) is 0 Å². The van der Waals surface area contributed by atoms with Gasteiger partial charge in [-0.1, -0.05) is 0 Å². The van der Waals surface area contributed by atoms with E-state index in [0.717, 1.165) is 5.71 Å². The molecule has 0 aromatic carbocycles. The van der Waals surface area contributed by atoms with E-state index < -0.39 is 5.97 Å². The Morgan fingerprint density at radius 3 is 2.64 bits per heavy atom. The largest absolute Gasteiger partial charge is 0.477 e. The molecule has 1 rings (SSSR count). The number of carboxylic acid groups (broad SMARTS) is 1. The number of thiazole rings is 1.